The number of amides is 1. The topological polar surface area (TPSA) is 83.2 Å². The molecule has 7 nitrogen and oxygen atoms in total. The fraction of sp³-hybridized carbons (Fsp3) is 0.417. The van der Waals surface area contributed by atoms with E-state index in [1.54, 1.807) is 31.2 Å². The number of carbonyl (C=O) groups is 2. The van der Waals surface area contributed by atoms with Gasteiger partial charge in [0.1, 0.15) is 29.1 Å². The summed E-state index contributed by atoms with van der Waals surface area (Å²) in [5, 5.41) is 11.4. The molecule has 1 atom stereocenters. The number of nitrogens with zero attached hydrogens (tertiary/aromatic N) is 2. The summed E-state index contributed by atoms with van der Waals surface area (Å²) in [5.74, 6) is -0.149. The quantitative estimate of drug-likeness (QED) is 0.339. The van der Waals surface area contributed by atoms with E-state index in [2.05, 4.69) is 18.7 Å². The van der Waals surface area contributed by atoms with E-state index in [0.717, 1.165) is 19.6 Å². The summed E-state index contributed by atoms with van der Waals surface area (Å²) in [6.07, 6.45) is 0.694. The van der Waals surface area contributed by atoms with Crippen LogP contribution < -0.4 is 4.74 Å². The van der Waals surface area contributed by atoms with Gasteiger partial charge in [0.05, 0.1) is 17.7 Å². The van der Waals surface area contributed by atoms with Crippen molar-refractivity contribution < 1.29 is 23.8 Å². The van der Waals surface area contributed by atoms with Crippen LogP contribution in [-0.2, 0) is 9.59 Å². The number of benzene rings is 1. The second kappa shape index (κ2) is 10.2. The largest absolute Gasteiger partial charge is 0.507 e. The number of hydrogen-bond donors (Lipinski definition) is 1. The number of ether oxygens (including phenoxy) is 1. The molecule has 0 aliphatic carbocycles. The van der Waals surface area contributed by atoms with Gasteiger partial charge >= 0.3 is 0 Å². The monoisotopic (exact) mass is 460 g/mol. The Hall–Kier alpha value is -2.77. The lowest BCUT2D eigenvalue weighted by atomic mass is 9.99. The Kier molecular flexibility index (Phi) is 7.64. The number of aliphatic hydroxyl groups is 1. The predicted molar refractivity (Wildman–Crippen MR) is 123 cm³/mol. The van der Waals surface area contributed by atoms with Gasteiger partial charge in [0, 0.05) is 12.1 Å². The van der Waals surface area contributed by atoms with Crippen molar-refractivity contribution in [2.75, 3.05) is 33.3 Å². The molecule has 1 aliphatic heterocycles. The zero-order valence-electron chi connectivity index (χ0n) is 18.9. The van der Waals surface area contributed by atoms with Crippen molar-refractivity contribution in [2.24, 2.45) is 0 Å². The van der Waals surface area contributed by atoms with Gasteiger partial charge < -0.3 is 24.1 Å². The predicted octanol–water partition coefficient (Wildman–Crippen LogP) is 4.40. The first-order valence-electron chi connectivity index (χ1n) is 10.7. The lowest BCUT2D eigenvalue weighted by Gasteiger charge is -2.25. The van der Waals surface area contributed by atoms with Gasteiger partial charge in [0.25, 0.3) is 11.7 Å². The SMILES string of the molecule is CCN(CC)CCCN1C(=O)C(=O)/C(=C(\O)c2ccc(OC)c(Cl)c2)C1c1ccc(C)o1. The van der Waals surface area contributed by atoms with Crippen molar-refractivity contribution in [3.8, 4) is 5.75 Å². The highest BCUT2D eigenvalue weighted by Gasteiger charge is 2.47. The second-order valence-corrected chi connectivity index (χ2v) is 8.08. The second-order valence-electron chi connectivity index (χ2n) is 7.67. The third kappa shape index (κ3) is 4.69. The van der Waals surface area contributed by atoms with E-state index in [4.69, 9.17) is 20.8 Å². The minimum Gasteiger partial charge on any atom is -0.507 e. The molecule has 172 valence electrons. The maximum Gasteiger partial charge on any atom is 0.295 e. The van der Waals surface area contributed by atoms with Crippen LogP contribution in [0.3, 0.4) is 0 Å². The number of aliphatic hydroxyl groups excluding tert-OH is 1. The van der Waals surface area contributed by atoms with Crippen molar-refractivity contribution in [1.82, 2.24) is 9.80 Å². The number of methoxy groups -OCH3 is 1. The van der Waals surface area contributed by atoms with E-state index >= 15 is 0 Å². The number of furan rings is 1. The number of carbonyl (C=O) groups excluding carboxylic acids is 2. The van der Waals surface area contributed by atoms with Crippen molar-refractivity contribution >= 4 is 29.1 Å². The van der Waals surface area contributed by atoms with Crippen LogP contribution in [0.1, 0.15) is 43.4 Å². The van der Waals surface area contributed by atoms with Crippen LogP contribution in [0, 0.1) is 6.92 Å². The fourth-order valence-electron chi connectivity index (χ4n) is 3.98. The number of aryl methyl sites for hydroxylation is 1. The summed E-state index contributed by atoms with van der Waals surface area (Å²) in [6.45, 7) is 8.95. The summed E-state index contributed by atoms with van der Waals surface area (Å²) in [7, 11) is 1.49. The fourth-order valence-corrected chi connectivity index (χ4v) is 4.24. The third-order valence-electron chi connectivity index (χ3n) is 5.76. The third-order valence-corrected chi connectivity index (χ3v) is 6.06. The number of likely N-dealkylation sites (tertiary alicyclic amines) is 1. The highest BCUT2D eigenvalue weighted by Crippen LogP contribution is 2.40. The molecule has 1 aliphatic rings. The molecular formula is C24H29ClN2O5. The van der Waals surface area contributed by atoms with Crippen LogP contribution >= 0.6 is 11.6 Å². The van der Waals surface area contributed by atoms with Crippen LogP contribution in [0.4, 0.5) is 0 Å². The minimum atomic E-state index is -0.804. The molecule has 0 bridgehead atoms. The maximum absolute atomic E-state index is 13.0. The molecular weight excluding hydrogens is 432 g/mol. The van der Waals surface area contributed by atoms with E-state index in [0.29, 0.717) is 35.8 Å². The van der Waals surface area contributed by atoms with Gasteiger partial charge in [-0.1, -0.05) is 25.4 Å². The van der Waals surface area contributed by atoms with Gasteiger partial charge in [0.2, 0.25) is 0 Å². The first-order chi connectivity index (χ1) is 15.3. The zero-order valence-corrected chi connectivity index (χ0v) is 19.6. The Morgan fingerprint density at radius 3 is 2.50 bits per heavy atom. The van der Waals surface area contributed by atoms with Crippen LogP contribution in [0.2, 0.25) is 5.02 Å². The summed E-state index contributed by atoms with van der Waals surface area (Å²) in [4.78, 5) is 29.7. The molecule has 1 amide bonds. The standard InChI is InChI=1S/C24H29ClN2O5/c1-5-26(6-2)12-7-13-27-21(19-10-8-15(3)32-19)20(23(29)24(27)30)22(28)16-9-11-18(31-4)17(25)14-16/h8-11,14,21,28H,5-7,12-13H2,1-4H3/b22-20-. The van der Waals surface area contributed by atoms with Crippen LogP contribution in [0.15, 0.2) is 40.3 Å². The summed E-state index contributed by atoms with van der Waals surface area (Å²) < 4.78 is 11.0. The maximum atomic E-state index is 13.0. The molecule has 3 rings (SSSR count). The van der Waals surface area contributed by atoms with Gasteiger partial charge in [0.15, 0.2) is 0 Å². The molecule has 0 radical (unpaired) electrons. The molecule has 1 aromatic carbocycles. The smallest absolute Gasteiger partial charge is 0.295 e. The molecule has 2 aromatic rings. The molecule has 1 unspecified atom stereocenters. The number of halogens is 1. The summed E-state index contributed by atoms with van der Waals surface area (Å²) >= 11 is 6.21. The molecule has 32 heavy (non-hydrogen) atoms. The lowest BCUT2D eigenvalue weighted by molar-refractivity contribution is -0.140. The van der Waals surface area contributed by atoms with Crippen LogP contribution in [0.5, 0.6) is 5.75 Å². The van der Waals surface area contributed by atoms with Gasteiger partial charge in [-0.15, -0.1) is 0 Å². The van der Waals surface area contributed by atoms with Gasteiger partial charge in [-0.2, -0.15) is 0 Å². The Morgan fingerprint density at radius 1 is 1.22 bits per heavy atom. The Labute approximate surface area is 193 Å². The molecule has 1 aromatic heterocycles. The number of ketones is 1. The molecule has 0 saturated carbocycles. The molecule has 1 fully saturated rings. The average molecular weight is 461 g/mol. The Morgan fingerprint density at radius 2 is 1.94 bits per heavy atom. The van der Waals surface area contributed by atoms with Gasteiger partial charge in [-0.3, -0.25) is 9.59 Å². The van der Waals surface area contributed by atoms with E-state index in [9.17, 15) is 14.7 Å². The Balaban J connectivity index is 2.02. The van der Waals surface area contributed by atoms with Gasteiger partial charge in [-0.25, -0.2) is 0 Å². The number of hydrogen-bond acceptors (Lipinski definition) is 6. The normalized spacial score (nSPS) is 18.1. The average Bonchev–Trinajstić information content (AvgIpc) is 3.32. The van der Waals surface area contributed by atoms with E-state index < -0.39 is 17.7 Å². The molecule has 1 N–H and O–H groups in total. The van der Waals surface area contributed by atoms with Crippen molar-refractivity contribution in [2.45, 2.75) is 33.2 Å². The number of Topliss-reactive ketones (excluding diaryl/α,β-unsaturated/α-hetero) is 1. The molecule has 0 spiro atoms. The zero-order chi connectivity index (χ0) is 23.4. The highest BCUT2D eigenvalue weighted by atomic mass is 35.5. The first-order valence-corrected chi connectivity index (χ1v) is 11.1. The van der Waals surface area contributed by atoms with Crippen molar-refractivity contribution in [3.63, 3.8) is 0 Å². The number of rotatable bonds is 9. The highest BCUT2D eigenvalue weighted by molar-refractivity contribution is 6.46. The van der Waals surface area contributed by atoms with Crippen molar-refractivity contribution in [1.29, 1.82) is 0 Å². The minimum absolute atomic E-state index is 0.00609. The van der Waals surface area contributed by atoms with E-state index in [1.165, 1.54) is 18.1 Å². The van der Waals surface area contributed by atoms with Crippen molar-refractivity contribution in [3.05, 3.63) is 58.0 Å². The van der Waals surface area contributed by atoms with Crippen LogP contribution in [-0.4, -0.2) is 59.9 Å². The molecule has 1 saturated heterocycles. The van der Waals surface area contributed by atoms with E-state index in [1.807, 2.05) is 0 Å². The van der Waals surface area contributed by atoms with E-state index in [-0.39, 0.29) is 16.4 Å². The lowest BCUT2D eigenvalue weighted by Crippen LogP contribution is -2.33. The molecule has 8 heteroatoms. The van der Waals surface area contributed by atoms with Gasteiger partial charge in [-0.05, 0) is 63.3 Å². The summed E-state index contributed by atoms with van der Waals surface area (Å²) in [6, 6.07) is 7.41. The Bertz CT molecular complexity index is 1030. The molecule has 2 heterocycles. The first kappa shape index (κ1) is 23.9. The summed E-state index contributed by atoms with van der Waals surface area (Å²) in [5.41, 5.74) is 0.318. The van der Waals surface area contributed by atoms with Crippen LogP contribution in [0.25, 0.3) is 5.76 Å².